The topological polar surface area (TPSA) is 72.9 Å². The van der Waals surface area contributed by atoms with Gasteiger partial charge in [-0.15, -0.1) is 0 Å². The van der Waals surface area contributed by atoms with Crippen LogP contribution in [-0.2, 0) is 14.3 Å². The third kappa shape index (κ3) is 4.85. The van der Waals surface area contributed by atoms with Crippen LogP contribution in [0.3, 0.4) is 0 Å². The maximum Gasteiger partial charge on any atom is 0.321 e. The molecule has 3 rings (SSSR count). The first kappa shape index (κ1) is 22.3. The van der Waals surface area contributed by atoms with Crippen molar-refractivity contribution in [2.75, 3.05) is 20.3 Å². The Morgan fingerprint density at radius 2 is 1.81 bits per heavy atom. The van der Waals surface area contributed by atoms with Crippen LogP contribution < -0.4 is 4.74 Å². The number of piperidine rings is 1. The first-order chi connectivity index (χ1) is 15.0. The molecular weight excluding hydrogens is 394 g/mol. The summed E-state index contributed by atoms with van der Waals surface area (Å²) in [5.41, 5.74) is -0.0636. The van der Waals surface area contributed by atoms with Gasteiger partial charge in [0, 0.05) is 12.1 Å². The van der Waals surface area contributed by atoms with Gasteiger partial charge in [-0.25, -0.2) is 0 Å². The second-order valence-electron chi connectivity index (χ2n) is 7.41. The molecule has 2 aromatic carbocycles. The molecule has 1 unspecified atom stereocenters. The molecule has 31 heavy (non-hydrogen) atoms. The number of likely N-dealkylation sites (tertiary alicyclic amines) is 1. The highest BCUT2D eigenvalue weighted by molar-refractivity contribution is 6.13. The van der Waals surface area contributed by atoms with E-state index in [9.17, 15) is 14.4 Å². The fourth-order valence-electron chi connectivity index (χ4n) is 3.78. The molecular formula is C25H27NO5. The number of ether oxygens (including phenoxy) is 2. The van der Waals surface area contributed by atoms with Crippen molar-refractivity contribution >= 4 is 23.9 Å². The maximum absolute atomic E-state index is 13.5. The molecule has 1 fully saturated rings. The lowest BCUT2D eigenvalue weighted by molar-refractivity contribution is -0.166. The first-order valence-electron chi connectivity index (χ1n) is 10.4. The smallest absolute Gasteiger partial charge is 0.321 e. The molecule has 0 bridgehead atoms. The lowest BCUT2D eigenvalue weighted by atomic mass is 9.75. The van der Waals surface area contributed by atoms with Crippen LogP contribution in [0.1, 0.15) is 42.1 Å². The number of nitrogens with zero attached hydrogens (tertiary/aromatic N) is 1. The van der Waals surface area contributed by atoms with Crippen molar-refractivity contribution in [1.82, 2.24) is 4.90 Å². The number of benzene rings is 2. The molecule has 1 saturated heterocycles. The Morgan fingerprint density at radius 3 is 2.45 bits per heavy atom. The number of carbonyl (C=O) groups excluding carboxylic acids is 3. The minimum Gasteiger partial charge on any atom is -0.497 e. The van der Waals surface area contributed by atoms with Crippen LogP contribution >= 0.6 is 0 Å². The average Bonchev–Trinajstić information content (AvgIpc) is 2.81. The number of carbonyl (C=O) groups is 3. The number of hydrogen-bond donors (Lipinski definition) is 0. The third-order valence-corrected chi connectivity index (χ3v) is 5.46. The number of imide groups is 1. The van der Waals surface area contributed by atoms with E-state index in [-0.39, 0.29) is 19.6 Å². The van der Waals surface area contributed by atoms with Crippen LogP contribution in [0.25, 0.3) is 6.08 Å². The highest BCUT2D eigenvalue weighted by Crippen LogP contribution is 2.37. The Hall–Kier alpha value is -3.41. The number of allylic oxidation sites excluding steroid dienone is 1. The summed E-state index contributed by atoms with van der Waals surface area (Å²) in [5.74, 6) is -0.717. The second-order valence-corrected chi connectivity index (χ2v) is 7.41. The molecule has 1 aliphatic rings. The number of esters is 1. The molecule has 0 aliphatic carbocycles. The van der Waals surface area contributed by atoms with Crippen molar-refractivity contribution in [3.63, 3.8) is 0 Å². The Balaban J connectivity index is 1.85. The fraction of sp³-hybridized carbons (Fsp3) is 0.320. The molecule has 1 atom stereocenters. The Morgan fingerprint density at radius 1 is 1.10 bits per heavy atom. The summed E-state index contributed by atoms with van der Waals surface area (Å²) >= 11 is 0. The van der Waals surface area contributed by atoms with Gasteiger partial charge in [0.25, 0.3) is 5.91 Å². The summed E-state index contributed by atoms with van der Waals surface area (Å²) in [4.78, 5) is 40.5. The van der Waals surface area contributed by atoms with Crippen LogP contribution in [0.15, 0.2) is 60.7 Å². The molecule has 6 nitrogen and oxygen atoms in total. The number of methoxy groups -OCH3 is 1. The van der Waals surface area contributed by atoms with E-state index >= 15 is 0 Å². The standard InChI is InChI=1S/C25H27NO5/c1-3-31-24(29)25(16-7-9-19-12-14-21(30-2)15-13-19)17-8-18-26(23(25)28)22(27)20-10-5-4-6-11-20/h4-7,9-15H,3,8,16-18H2,1-2H3. The molecule has 0 saturated carbocycles. The summed E-state index contributed by atoms with van der Waals surface area (Å²) in [6, 6.07) is 16.1. The number of rotatable bonds is 7. The molecule has 0 N–H and O–H groups in total. The average molecular weight is 421 g/mol. The predicted octanol–water partition coefficient (Wildman–Crippen LogP) is 4.11. The van der Waals surface area contributed by atoms with E-state index in [2.05, 4.69) is 0 Å². The molecule has 1 aliphatic heterocycles. The SMILES string of the molecule is CCOC(=O)C1(CC=Cc2ccc(OC)cc2)CCCN(C(=O)c2ccccc2)C1=O. The van der Waals surface area contributed by atoms with E-state index in [1.54, 1.807) is 44.4 Å². The third-order valence-electron chi connectivity index (χ3n) is 5.46. The van der Waals surface area contributed by atoms with Crippen LogP contribution in [0.4, 0.5) is 0 Å². The van der Waals surface area contributed by atoms with Crippen LogP contribution in [-0.4, -0.2) is 42.9 Å². The molecule has 0 radical (unpaired) electrons. The maximum atomic E-state index is 13.5. The summed E-state index contributed by atoms with van der Waals surface area (Å²) in [6.07, 6.45) is 4.70. The monoisotopic (exact) mass is 421 g/mol. The van der Waals surface area contributed by atoms with Gasteiger partial charge in [0.15, 0.2) is 5.41 Å². The normalized spacial score (nSPS) is 18.8. The highest BCUT2D eigenvalue weighted by atomic mass is 16.5. The first-order valence-corrected chi connectivity index (χ1v) is 10.4. The molecule has 1 heterocycles. The van der Waals surface area contributed by atoms with Gasteiger partial charge in [0.2, 0.25) is 5.91 Å². The zero-order valence-corrected chi connectivity index (χ0v) is 17.9. The second kappa shape index (κ2) is 10.1. The molecule has 6 heteroatoms. The molecule has 162 valence electrons. The van der Waals surface area contributed by atoms with E-state index in [1.165, 1.54) is 4.90 Å². The van der Waals surface area contributed by atoms with E-state index in [4.69, 9.17) is 9.47 Å². The molecule has 0 spiro atoms. The van der Waals surface area contributed by atoms with Gasteiger partial charge < -0.3 is 9.47 Å². The van der Waals surface area contributed by atoms with Gasteiger partial charge in [-0.1, -0.05) is 42.5 Å². The predicted molar refractivity (Wildman–Crippen MR) is 117 cm³/mol. The van der Waals surface area contributed by atoms with Crippen molar-refractivity contribution in [3.8, 4) is 5.75 Å². The Bertz CT molecular complexity index is 952. The quantitative estimate of drug-likeness (QED) is 0.382. The summed E-state index contributed by atoms with van der Waals surface area (Å²) in [6.45, 7) is 2.16. The van der Waals surface area contributed by atoms with Crippen LogP contribution in [0.5, 0.6) is 5.75 Å². The molecule has 2 aromatic rings. The summed E-state index contributed by atoms with van der Waals surface area (Å²) in [5, 5.41) is 0. The van der Waals surface area contributed by atoms with Gasteiger partial charge >= 0.3 is 5.97 Å². The Kier molecular flexibility index (Phi) is 7.23. The van der Waals surface area contributed by atoms with Gasteiger partial charge in [0.05, 0.1) is 13.7 Å². The van der Waals surface area contributed by atoms with E-state index in [0.717, 1.165) is 11.3 Å². The minimum absolute atomic E-state index is 0.162. The Labute approximate surface area is 182 Å². The zero-order valence-electron chi connectivity index (χ0n) is 17.9. The van der Waals surface area contributed by atoms with E-state index in [1.807, 2.05) is 36.4 Å². The summed E-state index contributed by atoms with van der Waals surface area (Å²) in [7, 11) is 1.60. The minimum atomic E-state index is -1.40. The van der Waals surface area contributed by atoms with Crippen LogP contribution in [0, 0.1) is 5.41 Å². The van der Waals surface area contributed by atoms with Crippen molar-refractivity contribution in [2.24, 2.45) is 5.41 Å². The van der Waals surface area contributed by atoms with Gasteiger partial charge in [-0.05, 0) is 56.0 Å². The van der Waals surface area contributed by atoms with E-state index in [0.29, 0.717) is 18.4 Å². The summed E-state index contributed by atoms with van der Waals surface area (Å²) < 4.78 is 10.4. The highest BCUT2D eigenvalue weighted by Gasteiger charge is 2.52. The van der Waals surface area contributed by atoms with Gasteiger partial charge in [-0.3, -0.25) is 19.3 Å². The van der Waals surface area contributed by atoms with Crippen molar-refractivity contribution in [1.29, 1.82) is 0 Å². The van der Waals surface area contributed by atoms with Crippen molar-refractivity contribution < 1.29 is 23.9 Å². The van der Waals surface area contributed by atoms with Crippen LogP contribution in [0.2, 0.25) is 0 Å². The number of amides is 2. The van der Waals surface area contributed by atoms with E-state index < -0.39 is 23.2 Å². The molecule has 0 aromatic heterocycles. The fourth-order valence-corrected chi connectivity index (χ4v) is 3.78. The lowest BCUT2D eigenvalue weighted by Crippen LogP contribution is -2.55. The van der Waals surface area contributed by atoms with Crippen molar-refractivity contribution in [3.05, 3.63) is 71.8 Å². The van der Waals surface area contributed by atoms with Crippen molar-refractivity contribution in [2.45, 2.75) is 26.2 Å². The zero-order chi connectivity index (χ0) is 22.3. The number of hydrogen-bond acceptors (Lipinski definition) is 5. The lowest BCUT2D eigenvalue weighted by Gasteiger charge is -2.38. The van der Waals surface area contributed by atoms with Gasteiger partial charge in [0.1, 0.15) is 5.75 Å². The largest absolute Gasteiger partial charge is 0.497 e. The molecule has 2 amide bonds. The van der Waals surface area contributed by atoms with Gasteiger partial charge in [-0.2, -0.15) is 0 Å².